The molecule has 19 heavy (non-hydrogen) atoms. The van der Waals surface area contributed by atoms with Gasteiger partial charge in [-0.2, -0.15) is 5.26 Å². The van der Waals surface area contributed by atoms with E-state index >= 15 is 0 Å². The van der Waals surface area contributed by atoms with E-state index in [1.165, 1.54) is 5.69 Å². The number of hydrogen-bond acceptors (Lipinski definition) is 4. The Labute approximate surface area is 115 Å². The molecule has 2 rings (SSSR count). The number of hydrogen-bond donors (Lipinski definition) is 1. The van der Waals surface area contributed by atoms with E-state index in [0.29, 0.717) is 12.1 Å². The topological polar surface area (TPSA) is 56.3 Å². The van der Waals surface area contributed by atoms with Crippen LogP contribution in [0.4, 0.5) is 5.69 Å². The maximum absolute atomic E-state index is 8.85. The second-order valence-electron chi connectivity index (χ2n) is 5.51. The Bertz CT molecular complexity index is 460. The van der Waals surface area contributed by atoms with E-state index in [2.05, 4.69) is 30.0 Å². The molecule has 1 aromatic rings. The monoisotopic (exact) mass is 258 g/mol. The average molecular weight is 258 g/mol. The third-order valence-electron chi connectivity index (χ3n) is 4.25. The SMILES string of the molecule is CN(C)C1(CN)CCCN(c2ccc(C#N)cc2)C1. The molecule has 1 aromatic carbocycles. The quantitative estimate of drug-likeness (QED) is 0.891. The summed E-state index contributed by atoms with van der Waals surface area (Å²) in [4.78, 5) is 4.63. The van der Waals surface area contributed by atoms with Gasteiger partial charge in [-0.05, 0) is 51.2 Å². The Hall–Kier alpha value is -1.57. The van der Waals surface area contributed by atoms with Gasteiger partial charge in [-0.1, -0.05) is 0 Å². The summed E-state index contributed by atoms with van der Waals surface area (Å²) in [5.74, 6) is 0. The predicted molar refractivity (Wildman–Crippen MR) is 78.1 cm³/mol. The molecule has 1 unspecified atom stereocenters. The molecule has 1 aliphatic rings. The van der Waals surface area contributed by atoms with Crippen LogP contribution in [0.15, 0.2) is 24.3 Å². The van der Waals surface area contributed by atoms with Gasteiger partial charge in [0, 0.05) is 25.3 Å². The summed E-state index contributed by atoms with van der Waals surface area (Å²) in [7, 11) is 4.21. The number of nitrogens with zero attached hydrogens (tertiary/aromatic N) is 3. The molecule has 1 saturated heterocycles. The molecule has 0 amide bonds. The van der Waals surface area contributed by atoms with Crippen LogP contribution < -0.4 is 10.6 Å². The predicted octanol–water partition coefficient (Wildman–Crippen LogP) is 1.42. The van der Waals surface area contributed by atoms with Crippen molar-refractivity contribution in [3.8, 4) is 6.07 Å². The summed E-state index contributed by atoms with van der Waals surface area (Å²) < 4.78 is 0. The van der Waals surface area contributed by atoms with E-state index in [-0.39, 0.29) is 5.54 Å². The van der Waals surface area contributed by atoms with E-state index in [0.717, 1.165) is 25.9 Å². The minimum Gasteiger partial charge on any atom is -0.370 e. The number of benzene rings is 1. The third-order valence-corrected chi connectivity index (χ3v) is 4.25. The molecule has 1 fully saturated rings. The molecule has 0 aromatic heterocycles. The van der Waals surface area contributed by atoms with Gasteiger partial charge >= 0.3 is 0 Å². The fraction of sp³-hybridized carbons (Fsp3) is 0.533. The molecule has 102 valence electrons. The van der Waals surface area contributed by atoms with E-state index in [9.17, 15) is 0 Å². The highest BCUT2D eigenvalue weighted by Crippen LogP contribution is 2.28. The lowest BCUT2D eigenvalue weighted by Crippen LogP contribution is -2.60. The van der Waals surface area contributed by atoms with Crippen molar-refractivity contribution in [1.29, 1.82) is 5.26 Å². The molecule has 2 N–H and O–H groups in total. The van der Waals surface area contributed by atoms with Crippen LogP contribution in [0.1, 0.15) is 18.4 Å². The number of piperidine rings is 1. The molecule has 0 radical (unpaired) electrons. The lowest BCUT2D eigenvalue weighted by Gasteiger charge is -2.47. The van der Waals surface area contributed by atoms with Crippen LogP contribution in [0, 0.1) is 11.3 Å². The van der Waals surface area contributed by atoms with Crippen LogP contribution in [0.3, 0.4) is 0 Å². The van der Waals surface area contributed by atoms with Crippen LogP contribution in [-0.4, -0.2) is 44.2 Å². The molecule has 1 heterocycles. The summed E-state index contributed by atoms with van der Waals surface area (Å²) in [6.07, 6.45) is 2.29. The first-order chi connectivity index (χ1) is 9.11. The Morgan fingerprint density at radius 2 is 2.05 bits per heavy atom. The van der Waals surface area contributed by atoms with Crippen LogP contribution in [-0.2, 0) is 0 Å². The van der Waals surface area contributed by atoms with Gasteiger partial charge in [0.15, 0.2) is 0 Å². The first-order valence-corrected chi connectivity index (χ1v) is 6.74. The molecule has 4 heteroatoms. The number of rotatable bonds is 3. The van der Waals surface area contributed by atoms with Crippen molar-refractivity contribution in [2.45, 2.75) is 18.4 Å². The normalized spacial score (nSPS) is 23.4. The highest BCUT2D eigenvalue weighted by molar-refractivity contribution is 5.50. The zero-order valence-corrected chi connectivity index (χ0v) is 11.8. The first kappa shape index (κ1) is 13.9. The smallest absolute Gasteiger partial charge is 0.0991 e. The van der Waals surface area contributed by atoms with Gasteiger partial charge in [-0.3, -0.25) is 0 Å². The summed E-state index contributed by atoms with van der Waals surface area (Å²) in [5, 5.41) is 8.85. The van der Waals surface area contributed by atoms with Gasteiger partial charge < -0.3 is 15.5 Å². The van der Waals surface area contributed by atoms with Crippen molar-refractivity contribution in [1.82, 2.24) is 4.90 Å². The highest BCUT2D eigenvalue weighted by atomic mass is 15.2. The molecular weight excluding hydrogens is 236 g/mol. The molecule has 0 spiro atoms. The lowest BCUT2D eigenvalue weighted by atomic mass is 9.87. The Morgan fingerprint density at radius 3 is 2.58 bits per heavy atom. The summed E-state index contributed by atoms with van der Waals surface area (Å²) in [6.45, 7) is 2.68. The minimum atomic E-state index is 0.0617. The van der Waals surface area contributed by atoms with E-state index in [1.54, 1.807) is 0 Å². The van der Waals surface area contributed by atoms with Crippen molar-refractivity contribution < 1.29 is 0 Å². The third kappa shape index (κ3) is 2.73. The van der Waals surface area contributed by atoms with E-state index in [4.69, 9.17) is 11.0 Å². The molecular formula is C15H22N4. The van der Waals surface area contributed by atoms with Crippen molar-refractivity contribution in [3.05, 3.63) is 29.8 Å². The van der Waals surface area contributed by atoms with Gasteiger partial charge in [0.25, 0.3) is 0 Å². The number of nitriles is 1. The lowest BCUT2D eigenvalue weighted by molar-refractivity contribution is 0.135. The van der Waals surface area contributed by atoms with Crippen LogP contribution in [0.5, 0.6) is 0 Å². The van der Waals surface area contributed by atoms with Gasteiger partial charge in [0.05, 0.1) is 17.2 Å². The van der Waals surface area contributed by atoms with Crippen molar-refractivity contribution >= 4 is 5.69 Å². The Kier molecular flexibility index (Phi) is 4.08. The fourth-order valence-electron chi connectivity index (χ4n) is 2.79. The first-order valence-electron chi connectivity index (χ1n) is 6.74. The maximum Gasteiger partial charge on any atom is 0.0991 e. The van der Waals surface area contributed by atoms with Crippen LogP contribution in [0.2, 0.25) is 0 Å². The molecule has 0 saturated carbocycles. The van der Waals surface area contributed by atoms with Crippen molar-refractivity contribution in [2.24, 2.45) is 5.73 Å². The molecule has 0 aliphatic carbocycles. The summed E-state index contributed by atoms with van der Waals surface area (Å²) in [6, 6.07) is 9.97. The van der Waals surface area contributed by atoms with Crippen molar-refractivity contribution in [2.75, 3.05) is 38.6 Å². The second-order valence-corrected chi connectivity index (χ2v) is 5.51. The van der Waals surface area contributed by atoms with E-state index in [1.807, 2.05) is 24.3 Å². The van der Waals surface area contributed by atoms with Crippen LogP contribution >= 0.6 is 0 Å². The average Bonchev–Trinajstić information content (AvgIpc) is 2.47. The summed E-state index contributed by atoms with van der Waals surface area (Å²) >= 11 is 0. The largest absolute Gasteiger partial charge is 0.370 e. The number of anilines is 1. The maximum atomic E-state index is 8.85. The number of nitrogens with two attached hydrogens (primary N) is 1. The molecule has 0 bridgehead atoms. The molecule has 1 atom stereocenters. The van der Waals surface area contributed by atoms with Gasteiger partial charge in [-0.25, -0.2) is 0 Å². The molecule has 1 aliphatic heterocycles. The Balaban J connectivity index is 2.18. The number of likely N-dealkylation sites (N-methyl/N-ethyl adjacent to an activating group) is 1. The fourth-order valence-corrected chi connectivity index (χ4v) is 2.79. The zero-order valence-electron chi connectivity index (χ0n) is 11.8. The molecule has 4 nitrogen and oxygen atoms in total. The zero-order chi connectivity index (χ0) is 13.9. The minimum absolute atomic E-state index is 0.0617. The van der Waals surface area contributed by atoms with E-state index < -0.39 is 0 Å². The van der Waals surface area contributed by atoms with Crippen molar-refractivity contribution in [3.63, 3.8) is 0 Å². The standard InChI is InChI=1S/C15H22N4/c1-18(2)15(11-17)8-3-9-19(12-15)14-6-4-13(10-16)5-7-14/h4-7H,3,8-9,11-12,17H2,1-2H3. The second kappa shape index (κ2) is 5.60. The Morgan fingerprint density at radius 1 is 1.37 bits per heavy atom. The van der Waals surface area contributed by atoms with Crippen LogP contribution in [0.25, 0.3) is 0 Å². The summed E-state index contributed by atoms with van der Waals surface area (Å²) in [5.41, 5.74) is 7.96. The van der Waals surface area contributed by atoms with Gasteiger partial charge in [0.1, 0.15) is 0 Å². The van der Waals surface area contributed by atoms with Gasteiger partial charge in [-0.15, -0.1) is 0 Å². The van der Waals surface area contributed by atoms with Gasteiger partial charge in [0.2, 0.25) is 0 Å². The highest BCUT2D eigenvalue weighted by Gasteiger charge is 2.36.